The van der Waals surface area contributed by atoms with Crippen molar-refractivity contribution in [2.24, 2.45) is 0 Å². The molecule has 0 fully saturated rings. The first kappa shape index (κ1) is 67.9. The van der Waals surface area contributed by atoms with E-state index in [4.69, 9.17) is 0 Å². The van der Waals surface area contributed by atoms with Gasteiger partial charge in [-0.05, 0) is 200 Å². The van der Waals surface area contributed by atoms with Gasteiger partial charge in [0.2, 0.25) is 0 Å². The molecule has 0 atom stereocenters. The van der Waals surface area contributed by atoms with Gasteiger partial charge in [-0.3, -0.25) is 19.6 Å². The molecule has 0 N–H and O–H groups in total. The maximum absolute atomic E-state index is 2.79. The van der Waals surface area contributed by atoms with Gasteiger partial charge in [0, 0.05) is 69.9 Å². The van der Waals surface area contributed by atoms with Gasteiger partial charge in [-0.2, -0.15) is 0 Å². The molecule has 20 aromatic rings. The Morgan fingerprint density at radius 1 is 0.176 bits per heavy atom. The molecule has 0 aliphatic rings. The average Bonchev–Trinajstić information content (AvgIpc) is 0.948. The zero-order valence-electron chi connectivity index (χ0n) is 61.7. The Morgan fingerprint density at radius 2 is 0.315 bits per heavy atom. The first-order valence-corrected chi connectivity index (χ1v) is 44.8. The lowest BCUT2D eigenvalue weighted by Crippen LogP contribution is -2.16. The fourth-order valence-electron chi connectivity index (χ4n) is 17.8. The van der Waals surface area contributed by atoms with Gasteiger partial charge in [0.15, 0.2) is 0 Å². The molecule has 0 saturated heterocycles. The van der Waals surface area contributed by atoms with E-state index in [9.17, 15) is 0 Å². The molecule has 0 bridgehead atoms. The van der Waals surface area contributed by atoms with Crippen LogP contribution in [0, 0.1) is 0 Å². The number of anilines is 12. The molecule has 8 heterocycles. The van der Waals surface area contributed by atoms with Crippen molar-refractivity contribution in [3.05, 3.63) is 275 Å². The highest BCUT2D eigenvalue weighted by molar-refractivity contribution is 7.28. The van der Waals surface area contributed by atoms with Crippen LogP contribution < -0.4 is 19.6 Å². The molecule has 8 aromatic heterocycles. The third-order valence-electron chi connectivity index (χ3n) is 22.6. The lowest BCUT2D eigenvalue weighted by molar-refractivity contribution is 1.13. The Morgan fingerprint density at radius 3 is 0.454 bits per heavy atom. The normalized spacial score (nSPS) is 12.2. The molecule has 12 aromatic carbocycles. The van der Waals surface area contributed by atoms with Gasteiger partial charge in [0.25, 0.3) is 0 Å². The molecule has 12 heteroatoms. The zero-order chi connectivity index (χ0) is 72.7. The third-order valence-corrected chi connectivity index (χ3v) is 32.2. The Kier molecular flexibility index (Phi) is 17.2. The van der Waals surface area contributed by atoms with E-state index in [0.29, 0.717) is 0 Å². The van der Waals surface area contributed by atoms with Crippen molar-refractivity contribution in [2.45, 2.75) is 107 Å². The van der Waals surface area contributed by atoms with Crippen LogP contribution in [0.5, 0.6) is 0 Å². The van der Waals surface area contributed by atoms with Crippen LogP contribution in [0.4, 0.5) is 62.8 Å². The third kappa shape index (κ3) is 10.3. The highest BCUT2D eigenvalue weighted by atomic mass is 32.1. The van der Waals surface area contributed by atoms with Crippen LogP contribution >= 0.6 is 90.7 Å². The van der Waals surface area contributed by atoms with Crippen molar-refractivity contribution >= 4 is 266 Å². The minimum atomic E-state index is 0.874. The molecule has 4 nitrogen and oxygen atoms in total. The molecule has 0 spiro atoms. The second-order valence-corrected chi connectivity index (χ2v) is 36.4. The van der Waals surface area contributed by atoms with Crippen LogP contribution in [-0.4, -0.2) is 0 Å². The van der Waals surface area contributed by atoms with Gasteiger partial charge in [-0.1, -0.05) is 225 Å². The summed E-state index contributed by atoms with van der Waals surface area (Å²) < 4.78 is 10.4. The minimum absolute atomic E-state index is 0.874. The molecular formula is C96H78N4S8. The summed E-state index contributed by atoms with van der Waals surface area (Å²) in [6.07, 6.45) is 6.99. The smallest absolute Gasteiger partial charge is 0.105 e. The number of fused-ring (bicyclic) bond motifs is 8. The lowest BCUT2D eigenvalue weighted by Gasteiger charge is -2.34. The van der Waals surface area contributed by atoms with E-state index >= 15 is 0 Å². The summed E-state index contributed by atoms with van der Waals surface area (Å²) in [4.78, 5) is 11.2. The van der Waals surface area contributed by atoms with Gasteiger partial charge in [0.05, 0.1) is 22.7 Å². The van der Waals surface area contributed by atoms with Crippen LogP contribution in [0.2, 0.25) is 0 Å². The van der Waals surface area contributed by atoms with Crippen LogP contribution in [-0.2, 0) is 51.4 Å². The van der Waals surface area contributed by atoms with Crippen molar-refractivity contribution in [1.29, 1.82) is 0 Å². The van der Waals surface area contributed by atoms with Gasteiger partial charge in [-0.25, -0.2) is 0 Å². The SMILES string of the molecule is CCc1c(N(c2sc3ccccc3c2CC)c2cc(N(c3sc4ccccc4c3CC)c3sc4ccccc4c3CC)c3ccc4c(N(c5sc6ccccc6c5CC)c5sc6ccccc6c5CC)cc(N(c5sc6ccccc6c5CC)c5sc6ccccc6c5CC)c5ccc2c3c54)sc2ccccc12. The van der Waals surface area contributed by atoms with E-state index in [2.05, 4.69) is 306 Å². The van der Waals surface area contributed by atoms with Crippen molar-refractivity contribution in [3.63, 3.8) is 0 Å². The fourth-order valence-corrected chi connectivity index (χ4v) is 28.5. The van der Waals surface area contributed by atoms with Crippen LogP contribution in [0.25, 0.3) is 113 Å². The maximum atomic E-state index is 2.79. The molecule has 0 aliphatic heterocycles. The van der Waals surface area contributed by atoms with E-state index in [-0.39, 0.29) is 0 Å². The standard InChI is InChI=1S/C96H78N4S8/c1-9-55-63-33-17-25-41-79(63)101-89(55)97(90-56(10-2)64-34-18-26-42-80(64)102-90)75-53-76(98(91-57(11-3)65-35-19-27-43-81(65)103-91)92-58(12-4)66-36-20-28-44-82(66)104-92)72-51-52-74-78(100(95-61(15-7)69-39-23-31-47-85(69)107-95)96-62(16-8)70-40-24-32-48-86(70)108-96)54-77(73-50-49-71(75)87(72)88(73)74)99(93-59(13-5)67-37-21-29-45-83(67)105-93)94-60(14-6)68-38-22-30-46-84(68)106-94/h17-54H,9-16H2,1-8H3. The number of hydrogen-bond acceptors (Lipinski definition) is 12. The summed E-state index contributed by atoms with van der Waals surface area (Å²) >= 11 is 15.7. The first-order valence-electron chi connectivity index (χ1n) is 38.3. The van der Waals surface area contributed by atoms with Crippen LogP contribution in [0.15, 0.2) is 231 Å². The van der Waals surface area contributed by atoms with Gasteiger partial charge in [0.1, 0.15) is 40.0 Å². The molecule has 530 valence electrons. The first-order chi connectivity index (χ1) is 53.3. The van der Waals surface area contributed by atoms with Gasteiger partial charge in [-0.15, -0.1) is 90.7 Å². The van der Waals surface area contributed by atoms with E-state index in [1.165, 1.54) is 220 Å². The summed E-state index contributed by atoms with van der Waals surface area (Å²) in [6, 6.07) is 89.3. The van der Waals surface area contributed by atoms with Crippen LogP contribution in [0.3, 0.4) is 0 Å². The van der Waals surface area contributed by atoms with E-state index in [0.717, 1.165) is 51.4 Å². The highest BCUT2D eigenvalue weighted by Crippen LogP contribution is 2.63. The summed E-state index contributed by atoms with van der Waals surface area (Å²) in [6.45, 7) is 19.0. The number of benzene rings is 12. The molecule has 20 rings (SSSR count). The lowest BCUT2D eigenvalue weighted by atomic mass is 9.89. The second-order valence-electron chi connectivity index (χ2n) is 28.1. The van der Waals surface area contributed by atoms with Crippen molar-refractivity contribution in [2.75, 3.05) is 19.6 Å². The number of rotatable bonds is 20. The molecule has 0 saturated carbocycles. The second kappa shape index (κ2) is 27.3. The van der Waals surface area contributed by atoms with E-state index in [1.807, 2.05) is 90.7 Å². The maximum Gasteiger partial charge on any atom is 0.105 e. The number of hydrogen-bond donors (Lipinski definition) is 0. The topological polar surface area (TPSA) is 13.0 Å². The predicted molar refractivity (Wildman–Crippen MR) is 487 cm³/mol. The number of nitrogens with zero attached hydrogens (tertiary/aromatic N) is 4. The number of thiophene rings is 8. The molecule has 0 radical (unpaired) electrons. The summed E-state index contributed by atoms with van der Waals surface area (Å²) in [5.41, 5.74) is 15.7. The summed E-state index contributed by atoms with van der Waals surface area (Å²) in [5, 5.41) is 28.3. The van der Waals surface area contributed by atoms with Gasteiger partial charge >= 0.3 is 0 Å². The zero-order valence-corrected chi connectivity index (χ0v) is 68.2. The average molecular weight is 1540 g/mol. The fraction of sp³-hybridized carbons (Fsp3) is 0.167. The van der Waals surface area contributed by atoms with E-state index in [1.54, 1.807) is 0 Å². The molecule has 108 heavy (non-hydrogen) atoms. The number of aryl methyl sites for hydroxylation is 8. The van der Waals surface area contributed by atoms with Crippen molar-refractivity contribution < 1.29 is 0 Å². The van der Waals surface area contributed by atoms with E-state index < -0.39 is 0 Å². The van der Waals surface area contributed by atoms with Crippen molar-refractivity contribution in [1.82, 2.24) is 0 Å². The van der Waals surface area contributed by atoms with Gasteiger partial charge < -0.3 is 0 Å². The monoisotopic (exact) mass is 1540 g/mol. The van der Waals surface area contributed by atoms with Crippen molar-refractivity contribution in [3.8, 4) is 0 Å². The molecule has 0 unspecified atom stereocenters. The summed E-state index contributed by atoms with van der Waals surface area (Å²) in [7, 11) is 0. The quantitative estimate of drug-likeness (QED) is 0.0705. The Labute approximate surface area is 661 Å². The highest BCUT2D eigenvalue weighted by Gasteiger charge is 2.37. The molecule has 0 amide bonds. The largest absolute Gasteiger partial charge is 0.292 e. The molecular weight excluding hydrogens is 1470 g/mol. The summed E-state index contributed by atoms with van der Waals surface area (Å²) in [5.74, 6) is 0. The Bertz CT molecular complexity index is 5790. The Hall–Kier alpha value is -9.44. The Balaban J connectivity index is 1.03. The predicted octanol–water partition coefficient (Wildman–Crippen LogP) is 32.7. The minimum Gasteiger partial charge on any atom is -0.292 e. The molecule has 0 aliphatic carbocycles. The van der Waals surface area contributed by atoms with Crippen LogP contribution in [0.1, 0.15) is 99.9 Å².